The second kappa shape index (κ2) is 5.42. The van der Waals surface area contributed by atoms with Crippen molar-refractivity contribution in [1.82, 2.24) is 0 Å². The van der Waals surface area contributed by atoms with Gasteiger partial charge in [-0.05, 0) is 0 Å². The zero-order chi connectivity index (χ0) is 6.62. The predicted molar refractivity (Wildman–Crippen MR) is 42.6 cm³/mol. The Morgan fingerprint density at radius 2 is 1.11 bits per heavy atom. The summed E-state index contributed by atoms with van der Waals surface area (Å²) in [5.74, 6) is 0. The van der Waals surface area contributed by atoms with E-state index in [1.165, 1.54) is 0 Å². The molecule has 0 aromatic rings. The molecule has 0 atom stereocenters. The molecule has 0 aliphatic heterocycles. The third kappa shape index (κ3) is 4.09. The summed E-state index contributed by atoms with van der Waals surface area (Å²) in [6.07, 6.45) is 0. The molecule has 9 heavy (non-hydrogen) atoms. The summed E-state index contributed by atoms with van der Waals surface area (Å²) >= 11 is 0. The fourth-order valence-electron chi connectivity index (χ4n) is 0.250. The molecule has 0 amide bonds. The third-order valence-corrected chi connectivity index (χ3v) is 3.34. The Labute approximate surface area is 67.8 Å². The summed E-state index contributed by atoms with van der Waals surface area (Å²) in [7, 11) is 2.58. The molecule has 0 aliphatic rings. The molecule has 0 rings (SSSR count). The Morgan fingerprint density at radius 3 is 1.11 bits per heavy atom. The quantitative estimate of drug-likeness (QED) is 0.519. The van der Waals surface area contributed by atoms with Gasteiger partial charge in [0.05, 0.1) is 0 Å². The van der Waals surface area contributed by atoms with Crippen LogP contribution in [0, 0.1) is 0 Å². The summed E-state index contributed by atoms with van der Waals surface area (Å²) in [5.41, 5.74) is 0. The number of rotatable bonds is 3. The highest BCUT2D eigenvalue weighted by molar-refractivity contribution is 6.58. The topological polar surface area (TPSA) is 27.7 Å². The minimum Gasteiger partial charge on any atom is -0.377 e. The third-order valence-electron chi connectivity index (χ3n) is 1.11. The second-order valence-corrected chi connectivity index (χ2v) is 4.42. The van der Waals surface area contributed by atoms with Crippen molar-refractivity contribution in [1.29, 1.82) is 0 Å². The molecule has 0 saturated carbocycles. The molecule has 0 fully saturated rings. The van der Waals surface area contributed by atoms with Gasteiger partial charge in [-0.2, -0.15) is 0 Å². The Bertz CT molecular complexity index is 58.6. The van der Waals surface area contributed by atoms with Gasteiger partial charge in [-0.3, -0.25) is 0 Å². The van der Waals surface area contributed by atoms with Crippen molar-refractivity contribution in [2.75, 3.05) is 21.3 Å². The van der Waals surface area contributed by atoms with Gasteiger partial charge in [0, 0.05) is 27.9 Å². The molecule has 0 radical (unpaired) electrons. The monoisotopic (exact) mass is 166 g/mol. The highest BCUT2D eigenvalue weighted by Gasteiger charge is 2.29. The first kappa shape index (κ1) is 12.3. The standard InChI is InChI=1S/C4H12O3Si.Al.3H/c1-5-8(4,6-2)7-3;;;;/h1-4H3;;;;. The normalized spacial score (nSPS) is 10.7. The van der Waals surface area contributed by atoms with Gasteiger partial charge < -0.3 is 13.3 Å². The van der Waals surface area contributed by atoms with Gasteiger partial charge in [0.2, 0.25) is 0 Å². The van der Waals surface area contributed by atoms with Crippen molar-refractivity contribution in [2.24, 2.45) is 0 Å². The van der Waals surface area contributed by atoms with E-state index in [-0.39, 0.29) is 17.4 Å². The minimum absolute atomic E-state index is 0. The summed E-state index contributed by atoms with van der Waals surface area (Å²) < 4.78 is 14.8. The predicted octanol–water partition coefficient (Wildman–Crippen LogP) is -0.690. The van der Waals surface area contributed by atoms with Gasteiger partial charge in [-0.1, -0.05) is 0 Å². The second-order valence-electron chi connectivity index (χ2n) is 1.47. The van der Waals surface area contributed by atoms with Gasteiger partial charge in [0.15, 0.2) is 17.4 Å². The van der Waals surface area contributed by atoms with Crippen LogP contribution in [0.2, 0.25) is 6.55 Å². The van der Waals surface area contributed by atoms with Crippen LogP contribution in [-0.2, 0) is 13.3 Å². The van der Waals surface area contributed by atoms with Crippen molar-refractivity contribution >= 4 is 26.2 Å². The number of hydrogen-bond donors (Lipinski definition) is 0. The first-order valence-electron chi connectivity index (χ1n) is 2.34. The average Bonchev–Trinajstić information content (AvgIpc) is 1.87. The van der Waals surface area contributed by atoms with Crippen molar-refractivity contribution < 1.29 is 13.3 Å². The molecular formula is C4H15AlO3Si. The van der Waals surface area contributed by atoms with E-state index in [9.17, 15) is 0 Å². The molecule has 0 aromatic carbocycles. The van der Waals surface area contributed by atoms with Crippen LogP contribution in [0.1, 0.15) is 0 Å². The van der Waals surface area contributed by atoms with Gasteiger partial charge in [0.25, 0.3) is 0 Å². The summed E-state index contributed by atoms with van der Waals surface area (Å²) in [6, 6.07) is 0. The van der Waals surface area contributed by atoms with Gasteiger partial charge in [0.1, 0.15) is 0 Å². The highest BCUT2D eigenvalue weighted by Crippen LogP contribution is 2.02. The first-order valence-corrected chi connectivity index (χ1v) is 4.56. The largest absolute Gasteiger partial charge is 0.496 e. The van der Waals surface area contributed by atoms with E-state index < -0.39 is 8.80 Å². The van der Waals surface area contributed by atoms with E-state index in [0.717, 1.165) is 0 Å². The minimum atomic E-state index is -2.17. The maximum atomic E-state index is 4.93. The molecule has 0 heterocycles. The lowest BCUT2D eigenvalue weighted by molar-refractivity contribution is 0.132. The molecule has 0 N–H and O–H groups in total. The van der Waals surface area contributed by atoms with Crippen molar-refractivity contribution in [2.45, 2.75) is 6.55 Å². The van der Waals surface area contributed by atoms with Gasteiger partial charge >= 0.3 is 8.80 Å². The zero-order valence-electron chi connectivity index (χ0n) is 5.72. The van der Waals surface area contributed by atoms with E-state index in [1.807, 2.05) is 6.55 Å². The average molecular weight is 166 g/mol. The Morgan fingerprint density at radius 1 is 0.889 bits per heavy atom. The van der Waals surface area contributed by atoms with Crippen LogP contribution in [0.25, 0.3) is 0 Å². The maximum absolute atomic E-state index is 4.93. The smallest absolute Gasteiger partial charge is 0.377 e. The van der Waals surface area contributed by atoms with Crippen LogP contribution in [0.5, 0.6) is 0 Å². The molecule has 0 aromatic heterocycles. The van der Waals surface area contributed by atoms with Crippen LogP contribution in [-0.4, -0.2) is 47.5 Å². The van der Waals surface area contributed by atoms with E-state index in [1.54, 1.807) is 21.3 Å². The SMILES string of the molecule is CO[Si](C)(OC)OC.[AlH3]. The fourth-order valence-corrected chi connectivity index (χ4v) is 0.750. The van der Waals surface area contributed by atoms with Crippen molar-refractivity contribution in [3.63, 3.8) is 0 Å². The van der Waals surface area contributed by atoms with Crippen molar-refractivity contribution in [3.05, 3.63) is 0 Å². The molecular weight excluding hydrogens is 151 g/mol. The molecule has 3 nitrogen and oxygen atoms in total. The lowest BCUT2D eigenvalue weighted by Crippen LogP contribution is -2.38. The Balaban J connectivity index is 0. The van der Waals surface area contributed by atoms with Crippen LogP contribution in [0.3, 0.4) is 0 Å². The lowest BCUT2D eigenvalue weighted by atomic mass is 11.8. The Kier molecular flexibility index (Phi) is 7.41. The molecule has 5 heteroatoms. The fraction of sp³-hybridized carbons (Fsp3) is 1.00. The van der Waals surface area contributed by atoms with E-state index in [2.05, 4.69) is 0 Å². The Hall–Kier alpha value is 0.629. The van der Waals surface area contributed by atoms with Gasteiger partial charge in [-0.15, -0.1) is 0 Å². The molecule has 0 unspecified atom stereocenters. The summed E-state index contributed by atoms with van der Waals surface area (Å²) in [5, 5.41) is 0. The van der Waals surface area contributed by atoms with Crippen LogP contribution in [0.15, 0.2) is 0 Å². The van der Waals surface area contributed by atoms with E-state index in [0.29, 0.717) is 0 Å². The van der Waals surface area contributed by atoms with E-state index >= 15 is 0 Å². The first-order chi connectivity index (χ1) is 3.68. The van der Waals surface area contributed by atoms with Crippen LogP contribution >= 0.6 is 0 Å². The molecule has 0 aliphatic carbocycles. The summed E-state index contributed by atoms with van der Waals surface area (Å²) in [4.78, 5) is 0. The molecule has 0 spiro atoms. The summed E-state index contributed by atoms with van der Waals surface area (Å²) in [6.45, 7) is 1.83. The molecule has 56 valence electrons. The highest BCUT2D eigenvalue weighted by atomic mass is 28.4. The number of hydrogen-bond acceptors (Lipinski definition) is 3. The van der Waals surface area contributed by atoms with Crippen LogP contribution in [0.4, 0.5) is 0 Å². The van der Waals surface area contributed by atoms with E-state index in [4.69, 9.17) is 13.3 Å². The maximum Gasteiger partial charge on any atom is 0.496 e. The molecule has 0 bridgehead atoms. The van der Waals surface area contributed by atoms with Gasteiger partial charge in [-0.25, -0.2) is 0 Å². The van der Waals surface area contributed by atoms with Crippen LogP contribution < -0.4 is 0 Å². The molecule has 0 saturated heterocycles. The lowest BCUT2D eigenvalue weighted by Gasteiger charge is -2.18. The van der Waals surface area contributed by atoms with Crippen molar-refractivity contribution in [3.8, 4) is 0 Å². The zero-order valence-corrected chi connectivity index (χ0v) is 6.72.